The first-order valence-electron chi connectivity index (χ1n) is 5.23. The van der Waals surface area contributed by atoms with E-state index in [4.69, 9.17) is 0 Å². The molecule has 0 aliphatic heterocycles. The summed E-state index contributed by atoms with van der Waals surface area (Å²) in [6.07, 6.45) is 1.62. The van der Waals surface area contributed by atoms with Gasteiger partial charge in [0, 0.05) is 28.6 Å². The number of carbonyl (C=O) groups excluding carboxylic acids is 1. The SMILES string of the molecule is Cc1nccc(NC(=O)C(C)(C)C)c1CO. The number of aromatic nitrogens is 1. The van der Waals surface area contributed by atoms with Gasteiger partial charge in [-0.15, -0.1) is 0 Å². The molecule has 0 aliphatic rings. The molecular formula is C12H18N2O2. The normalized spacial score (nSPS) is 11.3. The lowest BCUT2D eigenvalue weighted by Crippen LogP contribution is -2.28. The van der Waals surface area contributed by atoms with Crippen LogP contribution in [0.3, 0.4) is 0 Å². The van der Waals surface area contributed by atoms with Crippen molar-refractivity contribution in [3.63, 3.8) is 0 Å². The monoisotopic (exact) mass is 222 g/mol. The minimum atomic E-state index is -0.454. The Hall–Kier alpha value is -1.42. The van der Waals surface area contributed by atoms with Gasteiger partial charge in [-0.1, -0.05) is 20.8 Å². The lowest BCUT2D eigenvalue weighted by atomic mass is 9.95. The molecule has 0 bridgehead atoms. The molecule has 0 fully saturated rings. The molecule has 0 unspecified atom stereocenters. The Morgan fingerprint density at radius 2 is 2.12 bits per heavy atom. The molecule has 0 saturated carbocycles. The smallest absolute Gasteiger partial charge is 0.229 e. The van der Waals surface area contributed by atoms with Crippen LogP contribution >= 0.6 is 0 Å². The lowest BCUT2D eigenvalue weighted by Gasteiger charge is -2.19. The van der Waals surface area contributed by atoms with Crippen LogP contribution in [0.15, 0.2) is 12.3 Å². The molecule has 0 spiro atoms. The van der Waals surface area contributed by atoms with E-state index in [0.717, 1.165) is 5.69 Å². The summed E-state index contributed by atoms with van der Waals surface area (Å²) in [7, 11) is 0. The van der Waals surface area contributed by atoms with Crippen molar-refractivity contribution in [3.05, 3.63) is 23.5 Å². The highest BCUT2D eigenvalue weighted by Crippen LogP contribution is 2.21. The molecule has 0 aromatic carbocycles. The molecule has 0 saturated heterocycles. The van der Waals surface area contributed by atoms with Crippen LogP contribution < -0.4 is 5.32 Å². The van der Waals surface area contributed by atoms with Crippen molar-refractivity contribution in [3.8, 4) is 0 Å². The number of carbonyl (C=O) groups is 1. The fraction of sp³-hybridized carbons (Fsp3) is 0.500. The van der Waals surface area contributed by atoms with E-state index in [0.29, 0.717) is 11.3 Å². The largest absolute Gasteiger partial charge is 0.392 e. The Bertz CT molecular complexity index is 394. The zero-order valence-corrected chi connectivity index (χ0v) is 10.2. The van der Waals surface area contributed by atoms with Crippen molar-refractivity contribution >= 4 is 11.6 Å². The van der Waals surface area contributed by atoms with E-state index in [-0.39, 0.29) is 12.5 Å². The van der Waals surface area contributed by atoms with Gasteiger partial charge in [0.2, 0.25) is 5.91 Å². The van der Waals surface area contributed by atoms with Crippen LogP contribution in [0.1, 0.15) is 32.0 Å². The second-order valence-corrected chi connectivity index (χ2v) is 4.78. The Morgan fingerprint density at radius 3 is 2.62 bits per heavy atom. The number of amides is 1. The highest BCUT2D eigenvalue weighted by molar-refractivity contribution is 5.95. The summed E-state index contributed by atoms with van der Waals surface area (Å²) in [6.45, 7) is 7.21. The van der Waals surface area contributed by atoms with Crippen molar-refractivity contribution in [2.75, 3.05) is 5.32 Å². The van der Waals surface area contributed by atoms with Crippen molar-refractivity contribution in [1.29, 1.82) is 0 Å². The predicted molar refractivity (Wildman–Crippen MR) is 63.0 cm³/mol. The fourth-order valence-electron chi connectivity index (χ4n) is 1.22. The molecule has 1 rings (SSSR count). The van der Waals surface area contributed by atoms with Crippen LogP contribution in [-0.2, 0) is 11.4 Å². The summed E-state index contributed by atoms with van der Waals surface area (Å²) in [6, 6.07) is 1.70. The molecule has 16 heavy (non-hydrogen) atoms. The molecule has 4 heteroatoms. The molecule has 1 aromatic heterocycles. The maximum atomic E-state index is 11.8. The van der Waals surface area contributed by atoms with Gasteiger partial charge in [-0.3, -0.25) is 9.78 Å². The highest BCUT2D eigenvalue weighted by atomic mass is 16.3. The van der Waals surface area contributed by atoms with Crippen LogP contribution in [0.4, 0.5) is 5.69 Å². The number of aliphatic hydroxyl groups is 1. The number of aryl methyl sites for hydroxylation is 1. The molecular weight excluding hydrogens is 204 g/mol. The molecule has 0 atom stereocenters. The quantitative estimate of drug-likeness (QED) is 0.803. The summed E-state index contributed by atoms with van der Waals surface area (Å²) in [5, 5.41) is 12.0. The number of nitrogens with zero attached hydrogens (tertiary/aromatic N) is 1. The maximum absolute atomic E-state index is 11.8. The van der Waals surface area contributed by atoms with Gasteiger partial charge in [0.1, 0.15) is 0 Å². The number of hydrogen-bond donors (Lipinski definition) is 2. The summed E-state index contributed by atoms with van der Waals surface area (Å²) in [5.74, 6) is -0.0761. The summed E-state index contributed by atoms with van der Waals surface area (Å²) in [4.78, 5) is 15.9. The predicted octanol–water partition coefficient (Wildman–Crippen LogP) is 1.87. The third kappa shape index (κ3) is 2.79. The van der Waals surface area contributed by atoms with Gasteiger partial charge in [-0.2, -0.15) is 0 Å². The molecule has 1 amide bonds. The Labute approximate surface area is 95.7 Å². The van der Waals surface area contributed by atoms with Crippen molar-refractivity contribution in [2.45, 2.75) is 34.3 Å². The molecule has 2 N–H and O–H groups in total. The van der Waals surface area contributed by atoms with E-state index >= 15 is 0 Å². The van der Waals surface area contributed by atoms with E-state index < -0.39 is 5.41 Å². The Kier molecular flexibility index (Phi) is 3.65. The maximum Gasteiger partial charge on any atom is 0.229 e. The van der Waals surface area contributed by atoms with E-state index in [1.807, 2.05) is 20.8 Å². The van der Waals surface area contributed by atoms with Gasteiger partial charge in [0.25, 0.3) is 0 Å². The van der Waals surface area contributed by atoms with E-state index in [9.17, 15) is 9.90 Å². The molecule has 0 radical (unpaired) electrons. The van der Waals surface area contributed by atoms with Crippen molar-refractivity contribution < 1.29 is 9.90 Å². The number of rotatable bonds is 2. The molecule has 88 valence electrons. The van der Waals surface area contributed by atoms with Crippen LogP contribution in [0.25, 0.3) is 0 Å². The third-order valence-electron chi connectivity index (χ3n) is 2.36. The van der Waals surface area contributed by atoms with Crippen LogP contribution in [0.2, 0.25) is 0 Å². The number of hydrogen-bond acceptors (Lipinski definition) is 3. The van der Waals surface area contributed by atoms with Gasteiger partial charge < -0.3 is 10.4 Å². The summed E-state index contributed by atoms with van der Waals surface area (Å²) in [5.41, 5.74) is 1.58. The minimum absolute atomic E-state index is 0.0761. The van der Waals surface area contributed by atoms with Crippen LogP contribution in [0, 0.1) is 12.3 Å². The minimum Gasteiger partial charge on any atom is -0.392 e. The number of aliphatic hydroxyl groups excluding tert-OH is 1. The standard InChI is InChI=1S/C12H18N2O2/c1-8-9(7-15)10(5-6-13-8)14-11(16)12(2,3)4/h5-6,15H,7H2,1-4H3,(H,13,14,16). The molecule has 0 aliphatic carbocycles. The van der Waals surface area contributed by atoms with Crippen molar-refractivity contribution in [1.82, 2.24) is 4.98 Å². The van der Waals surface area contributed by atoms with Gasteiger partial charge in [-0.05, 0) is 13.0 Å². The van der Waals surface area contributed by atoms with Crippen LogP contribution in [0.5, 0.6) is 0 Å². The summed E-state index contributed by atoms with van der Waals surface area (Å²) < 4.78 is 0. The topological polar surface area (TPSA) is 62.2 Å². The number of anilines is 1. The van der Waals surface area contributed by atoms with Crippen molar-refractivity contribution in [2.24, 2.45) is 5.41 Å². The van der Waals surface area contributed by atoms with Gasteiger partial charge in [-0.25, -0.2) is 0 Å². The van der Waals surface area contributed by atoms with Gasteiger partial charge >= 0.3 is 0 Å². The second-order valence-electron chi connectivity index (χ2n) is 4.78. The molecule has 1 aromatic rings. The molecule has 4 nitrogen and oxygen atoms in total. The van der Waals surface area contributed by atoms with E-state index in [1.54, 1.807) is 19.2 Å². The first kappa shape index (κ1) is 12.6. The number of nitrogens with one attached hydrogen (secondary N) is 1. The third-order valence-corrected chi connectivity index (χ3v) is 2.36. The Balaban J connectivity index is 2.98. The lowest BCUT2D eigenvalue weighted by molar-refractivity contribution is -0.123. The zero-order valence-electron chi connectivity index (χ0n) is 10.2. The van der Waals surface area contributed by atoms with Gasteiger partial charge in [0.05, 0.1) is 6.61 Å². The molecule has 1 heterocycles. The highest BCUT2D eigenvalue weighted by Gasteiger charge is 2.22. The average molecular weight is 222 g/mol. The number of pyridine rings is 1. The Morgan fingerprint density at radius 1 is 1.50 bits per heavy atom. The zero-order chi connectivity index (χ0) is 12.3. The second kappa shape index (κ2) is 4.61. The summed E-state index contributed by atoms with van der Waals surface area (Å²) >= 11 is 0. The van der Waals surface area contributed by atoms with Gasteiger partial charge in [0.15, 0.2) is 0 Å². The van der Waals surface area contributed by atoms with E-state index in [1.165, 1.54) is 0 Å². The van der Waals surface area contributed by atoms with E-state index in [2.05, 4.69) is 10.3 Å². The van der Waals surface area contributed by atoms with Crippen LogP contribution in [-0.4, -0.2) is 16.0 Å². The first-order chi connectivity index (χ1) is 7.36. The first-order valence-corrected chi connectivity index (χ1v) is 5.23. The average Bonchev–Trinajstić information content (AvgIpc) is 2.16. The fourth-order valence-corrected chi connectivity index (χ4v) is 1.22.